The summed E-state index contributed by atoms with van der Waals surface area (Å²) in [7, 11) is 1.62. The maximum absolute atomic E-state index is 12.4. The lowest BCUT2D eigenvalue weighted by Gasteiger charge is -2.33. The van der Waals surface area contributed by atoms with Gasteiger partial charge in [0.25, 0.3) is 0 Å². The molecule has 2 atom stereocenters. The summed E-state index contributed by atoms with van der Waals surface area (Å²) in [5.74, 6) is -0.161. The van der Waals surface area contributed by atoms with Gasteiger partial charge in [0.1, 0.15) is 6.04 Å². The molecule has 2 aromatic rings. The number of fused-ring (bicyclic) bond motifs is 1. The molecule has 3 N–H and O–H groups in total. The zero-order valence-corrected chi connectivity index (χ0v) is 14.8. The van der Waals surface area contributed by atoms with E-state index in [-0.39, 0.29) is 30.4 Å². The normalized spacial score (nSPS) is 22.0. The first-order valence-electron chi connectivity index (χ1n) is 8.73. The first kappa shape index (κ1) is 17.1. The lowest BCUT2D eigenvalue weighted by Crippen LogP contribution is -2.55. The highest BCUT2D eigenvalue weighted by molar-refractivity contribution is 5.96. The van der Waals surface area contributed by atoms with E-state index in [0.29, 0.717) is 18.7 Å². The maximum atomic E-state index is 12.4. The summed E-state index contributed by atoms with van der Waals surface area (Å²) >= 11 is 0. The van der Waals surface area contributed by atoms with Crippen LogP contribution in [-0.2, 0) is 9.59 Å². The largest absolute Gasteiger partial charge is 0.335 e. The minimum atomic E-state index is -0.481. The van der Waals surface area contributed by atoms with Gasteiger partial charge in [-0.25, -0.2) is 4.79 Å². The van der Waals surface area contributed by atoms with Gasteiger partial charge in [0.05, 0.1) is 18.3 Å². The number of H-pyrrole nitrogens is 1. The number of amides is 4. The van der Waals surface area contributed by atoms with Gasteiger partial charge in [0, 0.05) is 31.0 Å². The fourth-order valence-electron chi connectivity index (χ4n) is 3.61. The number of nitrogens with zero attached hydrogens (tertiary/aromatic N) is 3. The second kappa shape index (κ2) is 6.75. The lowest BCUT2D eigenvalue weighted by molar-refractivity contribution is -0.152. The van der Waals surface area contributed by atoms with E-state index in [1.807, 2.05) is 24.3 Å². The van der Waals surface area contributed by atoms with Crippen LogP contribution in [-0.4, -0.2) is 70.1 Å². The van der Waals surface area contributed by atoms with Crippen LogP contribution in [0.2, 0.25) is 0 Å². The van der Waals surface area contributed by atoms with Crippen molar-refractivity contribution >= 4 is 23.5 Å². The molecule has 140 valence electrons. The minimum absolute atomic E-state index is 0.0773. The molecule has 0 unspecified atom stereocenters. The molecule has 1 aromatic heterocycles. The zero-order valence-electron chi connectivity index (χ0n) is 14.8. The van der Waals surface area contributed by atoms with E-state index in [0.717, 1.165) is 11.3 Å². The molecular formula is C18H20N6O3. The second-order valence-electron chi connectivity index (χ2n) is 6.84. The number of likely N-dealkylation sites (N-methyl/N-ethyl adjacent to an activating group) is 1. The van der Waals surface area contributed by atoms with Crippen LogP contribution in [0.4, 0.5) is 10.5 Å². The number of benzene rings is 1. The predicted octanol–water partition coefficient (Wildman–Crippen LogP) is 0.640. The Balaban J connectivity index is 1.39. The number of rotatable bonds is 3. The summed E-state index contributed by atoms with van der Waals surface area (Å²) in [6.45, 7) is 0.444. The standard InChI is InChI=1S/C18H20N6O3/c1-23-10-16(25)24-9-13(8-15(24)17(23)26)21-18(27)20-12-4-2-3-11(7-12)14-5-6-19-22-14/h2-7,13,15H,8-10H2,1H3,(H,19,22)(H2,20,21,27)/t13-,15+/m1/s1. The average molecular weight is 368 g/mol. The van der Waals surface area contributed by atoms with E-state index in [2.05, 4.69) is 20.8 Å². The first-order chi connectivity index (χ1) is 13.0. The van der Waals surface area contributed by atoms with Crippen molar-refractivity contribution in [1.82, 2.24) is 25.3 Å². The molecule has 27 heavy (non-hydrogen) atoms. The number of piperazine rings is 1. The Kier molecular flexibility index (Phi) is 4.27. The third-order valence-electron chi connectivity index (χ3n) is 4.92. The van der Waals surface area contributed by atoms with Gasteiger partial charge in [-0.15, -0.1) is 0 Å². The van der Waals surface area contributed by atoms with Crippen LogP contribution in [0.1, 0.15) is 6.42 Å². The Morgan fingerprint density at radius 3 is 2.93 bits per heavy atom. The number of hydrogen-bond donors (Lipinski definition) is 3. The molecule has 9 heteroatoms. The zero-order chi connectivity index (χ0) is 19.0. The molecule has 4 amide bonds. The summed E-state index contributed by atoms with van der Waals surface area (Å²) < 4.78 is 0. The molecule has 0 saturated carbocycles. The smallest absolute Gasteiger partial charge is 0.319 e. The van der Waals surface area contributed by atoms with Gasteiger partial charge in [-0.1, -0.05) is 12.1 Å². The van der Waals surface area contributed by atoms with Gasteiger partial charge < -0.3 is 20.4 Å². The Bertz CT molecular complexity index is 881. The fourth-order valence-corrected chi connectivity index (χ4v) is 3.61. The summed E-state index contributed by atoms with van der Waals surface area (Å²) in [4.78, 5) is 39.7. The predicted molar refractivity (Wildman–Crippen MR) is 97.7 cm³/mol. The summed E-state index contributed by atoms with van der Waals surface area (Å²) in [6, 6.07) is 8.13. The Labute approximate surface area is 155 Å². The molecule has 2 aliphatic heterocycles. The van der Waals surface area contributed by atoms with Crippen LogP contribution < -0.4 is 10.6 Å². The van der Waals surface area contributed by atoms with Crippen molar-refractivity contribution in [1.29, 1.82) is 0 Å². The van der Waals surface area contributed by atoms with E-state index in [4.69, 9.17) is 0 Å². The molecule has 0 aliphatic carbocycles. The summed E-state index contributed by atoms with van der Waals surface area (Å²) in [5.41, 5.74) is 2.40. The van der Waals surface area contributed by atoms with Crippen molar-refractivity contribution in [2.24, 2.45) is 0 Å². The molecule has 1 aromatic carbocycles. The van der Waals surface area contributed by atoms with Crippen molar-refractivity contribution in [2.45, 2.75) is 18.5 Å². The quantitative estimate of drug-likeness (QED) is 0.738. The number of hydrogen-bond acceptors (Lipinski definition) is 4. The molecule has 2 aliphatic rings. The van der Waals surface area contributed by atoms with Gasteiger partial charge in [-0.3, -0.25) is 14.7 Å². The fraction of sp³-hybridized carbons (Fsp3) is 0.333. The third kappa shape index (κ3) is 3.35. The SMILES string of the molecule is CN1CC(=O)N2C[C@H](NC(=O)Nc3cccc(-c4ccn[nH]4)c3)C[C@H]2C1=O. The van der Waals surface area contributed by atoms with Gasteiger partial charge in [0.2, 0.25) is 11.8 Å². The molecule has 0 spiro atoms. The van der Waals surface area contributed by atoms with E-state index >= 15 is 0 Å². The maximum Gasteiger partial charge on any atom is 0.319 e. The Morgan fingerprint density at radius 1 is 1.30 bits per heavy atom. The minimum Gasteiger partial charge on any atom is -0.335 e. The Morgan fingerprint density at radius 2 is 2.15 bits per heavy atom. The van der Waals surface area contributed by atoms with Crippen LogP contribution >= 0.6 is 0 Å². The van der Waals surface area contributed by atoms with Crippen molar-refractivity contribution in [3.63, 3.8) is 0 Å². The van der Waals surface area contributed by atoms with Crippen molar-refractivity contribution in [3.8, 4) is 11.3 Å². The number of carbonyl (C=O) groups is 3. The number of nitrogens with one attached hydrogen (secondary N) is 3. The molecule has 2 fully saturated rings. The third-order valence-corrected chi connectivity index (χ3v) is 4.92. The van der Waals surface area contributed by atoms with E-state index in [1.165, 1.54) is 4.90 Å². The van der Waals surface area contributed by atoms with Crippen LogP contribution in [0.3, 0.4) is 0 Å². The average Bonchev–Trinajstić information content (AvgIpc) is 3.30. The van der Waals surface area contributed by atoms with E-state index in [9.17, 15) is 14.4 Å². The number of aromatic nitrogens is 2. The molecule has 3 heterocycles. The number of aromatic amines is 1. The van der Waals surface area contributed by atoms with Crippen molar-refractivity contribution < 1.29 is 14.4 Å². The van der Waals surface area contributed by atoms with Crippen LogP contribution in [0.25, 0.3) is 11.3 Å². The van der Waals surface area contributed by atoms with E-state index in [1.54, 1.807) is 24.2 Å². The van der Waals surface area contributed by atoms with Crippen molar-refractivity contribution in [3.05, 3.63) is 36.5 Å². The number of anilines is 1. The van der Waals surface area contributed by atoms with Gasteiger partial charge in [-0.05, 0) is 24.6 Å². The van der Waals surface area contributed by atoms with Crippen LogP contribution in [0.15, 0.2) is 36.5 Å². The van der Waals surface area contributed by atoms with Crippen LogP contribution in [0, 0.1) is 0 Å². The number of carbonyl (C=O) groups excluding carboxylic acids is 3. The highest BCUT2D eigenvalue weighted by Crippen LogP contribution is 2.24. The highest BCUT2D eigenvalue weighted by Gasteiger charge is 2.44. The van der Waals surface area contributed by atoms with Gasteiger partial charge in [0.15, 0.2) is 0 Å². The van der Waals surface area contributed by atoms with Crippen LogP contribution in [0.5, 0.6) is 0 Å². The second-order valence-corrected chi connectivity index (χ2v) is 6.84. The van der Waals surface area contributed by atoms with Gasteiger partial charge in [-0.2, -0.15) is 5.10 Å². The van der Waals surface area contributed by atoms with E-state index < -0.39 is 6.04 Å². The molecule has 9 nitrogen and oxygen atoms in total. The molecule has 0 bridgehead atoms. The first-order valence-corrected chi connectivity index (χ1v) is 8.73. The monoisotopic (exact) mass is 368 g/mol. The summed E-state index contributed by atoms with van der Waals surface area (Å²) in [6.07, 6.45) is 2.09. The molecule has 4 rings (SSSR count). The molecule has 0 radical (unpaired) electrons. The van der Waals surface area contributed by atoms with Gasteiger partial charge >= 0.3 is 6.03 Å². The summed E-state index contributed by atoms with van der Waals surface area (Å²) in [5, 5.41) is 12.5. The van der Waals surface area contributed by atoms with Crippen molar-refractivity contribution in [2.75, 3.05) is 25.5 Å². The number of urea groups is 1. The topological polar surface area (TPSA) is 110 Å². The highest BCUT2D eigenvalue weighted by atomic mass is 16.2. The Hall–Kier alpha value is -3.36. The molecular weight excluding hydrogens is 348 g/mol. The molecule has 2 saturated heterocycles. The lowest BCUT2D eigenvalue weighted by atomic mass is 10.1.